The van der Waals surface area contributed by atoms with E-state index in [-0.39, 0.29) is 17.0 Å². The number of amides is 3. The molecule has 0 bridgehead atoms. The van der Waals surface area contributed by atoms with Crippen LogP contribution in [-0.2, 0) is 19.4 Å². The second kappa shape index (κ2) is 8.08. The first-order valence-corrected chi connectivity index (χ1v) is 8.29. The standard InChI is InChI=1S/C14H16N2O6S/c1-3-7-15-14(19)16-12(17)9-22-13(18)10-5-4-6-11(8-10)23(2,20)21/h3-6,8H,1,7,9H2,2H3,(H2,15,16,17,19). The molecule has 0 aromatic heterocycles. The summed E-state index contributed by atoms with van der Waals surface area (Å²) in [7, 11) is -3.46. The van der Waals surface area contributed by atoms with Crippen LogP contribution in [0.15, 0.2) is 41.8 Å². The molecule has 0 spiro atoms. The van der Waals surface area contributed by atoms with Crippen molar-refractivity contribution >= 4 is 27.7 Å². The quantitative estimate of drug-likeness (QED) is 0.566. The fourth-order valence-electron chi connectivity index (χ4n) is 1.44. The van der Waals surface area contributed by atoms with Crippen molar-refractivity contribution in [2.45, 2.75) is 4.90 Å². The fraction of sp³-hybridized carbons (Fsp3) is 0.214. The minimum atomic E-state index is -3.46. The van der Waals surface area contributed by atoms with E-state index in [2.05, 4.69) is 11.9 Å². The average molecular weight is 340 g/mol. The first-order chi connectivity index (χ1) is 10.7. The van der Waals surface area contributed by atoms with E-state index in [1.54, 1.807) is 0 Å². The van der Waals surface area contributed by atoms with E-state index < -0.39 is 34.4 Å². The largest absolute Gasteiger partial charge is 0.452 e. The first kappa shape index (κ1) is 18.4. The van der Waals surface area contributed by atoms with Crippen molar-refractivity contribution in [2.24, 2.45) is 0 Å². The molecule has 0 atom stereocenters. The number of hydrogen-bond acceptors (Lipinski definition) is 6. The Labute approximate surface area is 133 Å². The number of carbonyl (C=O) groups is 3. The molecular weight excluding hydrogens is 324 g/mol. The maximum Gasteiger partial charge on any atom is 0.338 e. The van der Waals surface area contributed by atoms with E-state index in [4.69, 9.17) is 4.74 Å². The van der Waals surface area contributed by atoms with Crippen LogP contribution in [0, 0.1) is 0 Å². The number of rotatable bonds is 6. The van der Waals surface area contributed by atoms with Crippen molar-refractivity contribution in [3.8, 4) is 0 Å². The van der Waals surface area contributed by atoms with Gasteiger partial charge in [0.2, 0.25) is 0 Å². The van der Waals surface area contributed by atoms with Crippen LogP contribution < -0.4 is 10.6 Å². The molecule has 2 N–H and O–H groups in total. The molecule has 9 heteroatoms. The van der Waals surface area contributed by atoms with Gasteiger partial charge in [0.25, 0.3) is 5.91 Å². The number of nitrogens with one attached hydrogen (secondary N) is 2. The summed E-state index contributed by atoms with van der Waals surface area (Å²) in [5.74, 6) is -1.70. The van der Waals surface area contributed by atoms with E-state index in [1.165, 1.54) is 24.3 Å². The minimum Gasteiger partial charge on any atom is -0.452 e. The zero-order valence-corrected chi connectivity index (χ0v) is 13.2. The van der Waals surface area contributed by atoms with Gasteiger partial charge in [-0.3, -0.25) is 10.1 Å². The number of carbonyl (C=O) groups excluding carboxylic acids is 3. The van der Waals surface area contributed by atoms with Gasteiger partial charge in [0.05, 0.1) is 10.5 Å². The molecule has 3 amide bonds. The molecule has 0 radical (unpaired) electrons. The maximum absolute atomic E-state index is 11.8. The van der Waals surface area contributed by atoms with Gasteiger partial charge in [-0.05, 0) is 18.2 Å². The summed E-state index contributed by atoms with van der Waals surface area (Å²) in [5, 5.41) is 4.26. The van der Waals surface area contributed by atoms with Gasteiger partial charge in [0.1, 0.15) is 0 Å². The molecule has 0 heterocycles. The number of benzene rings is 1. The zero-order chi connectivity index (χ0) is 17.5. The first-order valence-electron chi connectivity index (χ1n) is 6.40. The monoisotopic (exact) mass is 340 g/mol. The van der Waals surface area contributed by atoms with Gasteiger partial charge >= 0.3 is 12.0 Å². The van der Waals surface area contributed by atoms with Crippen LogP contribution in [-0.4, -0.2) is 45.7 Å². The van der Waals surface area contributed by atoms with Gasteiger partial charge < -0.3 is 10.1 Å². The van der Waals surface area contributed by atoms with Crippen molar-refractivity contribution in [1.29, 1.82) is 0 Å². The molecule has 0 saturated heterocycles. The molecule has 23 heavy (non-hydrogen) atoms. The lowest BCUT2D eigenvalue weighted by Gasteiger charge is -2.07. The van der Waals surface area contributed by atoms with Gasteiger partial charge in [-0.1, -0.05) is 12.1 Å². The number of hydrogen-bond donors (Lipinski definition) is 2. The van der Waals surface area contributed by atoms with Gasteiger partial charge in [0.15, 0.2) is 16.4 Å². The molecule has 0 unspecified atom stereocenters. The minimum absolute atomic E-state index is 0.0168. The third-order valence-corrected chi connectivity index (χ3v) is 3.60. The number of esters is 1. The molecule has 124 valence electrons. The Kier molecular flexibility index (Phi) is 6.46. The Morgan fingerprint density at radius 2 is 2.00 bits per heavy atom. The van der Waals surface area contributed by atoms with Crippen molar-refractivity contribution in [3.63, 3.8) is 0 Å². The average Bonchev–Trinajstić information content (AvgIpc) is 2.50. The van der Waals surface area contributed by atoms with Gasteiger partial charge in [-0.15, -0.1) is 6.58 Å². The van der Waals surface area contributed by atoms with Crippen molar-refractivity contribution in [3.05, 3.63) is 42.5 Å². The number of ether oxygens (including phenoxy) is 1. The van der Waals surface area contributed by atoms with E-state index in [1.807, 2.05) is 5.32 Å². The van der Waals surface area contributed by atoms with Crippen LogP contribution in [0.2, 0.25) is 0 Å². The van der Waals surface area contributed by atoms with Crippen LogP contribution in [0.1, 0.15) is 10.4 Å². The van der Waals surface area contributed by atoms with E-state index >= 15 is 0 Å². The second-order valence-electron chi connectivity index (χ2n) is 4.42. The summed E-state index contributed by atoms with van der Waals surface area (Å²) in [6, 6.07) is 4.47. The van der Waals surface area contributed by atoms with Crippen LogP contribution in [0.4, 0.5) is 4.79 Å². The fourth-order valence-corrected chi connectivity index (χ4v) is 2.11. The highest BCUT2D eigenvalue weighted by Crippen LogP contribution is 2.12. The van der Waals surface area contributed by atoms with E-state index in [9.17, 15) is 22.8 Å². The van der Waals surface area contributed by atoms with Crippen LogP contribution in [0.25, 0.3) is 0 Å². The Morgan fingerprint density at radius 1 is 1.30 bits per heavy atom. The number of sulfone groups is 1. The molecule has 0 fully saturated rings. The molecule has 0 saturated carbocycles. The highest BCUT2D eigenvalue weighted by Gasteiger charge is 2.14. The molecule has 1 aromatic carbocycles. The van der Waals surface area contributed by atoms with Gasteiger partial charge in [-0.25, -0.2) is 18.0 Å². The highest BCUT2D eigenvalue weighted by atomic mass is 32.2. The lowest BCUT2D eigenvalue weighted by Crippen LogP contribution is -2.41. The van der Waals surface area contributed by atoms with Crippen LogP contribution in [0.5, 0.6) is 0 Å². The molecule has 0 aliphatic heterocycles. The Balaban J connectivity index is 2.59. The van der Waals surface area contributed by atoms with E-state index in [0.29, 0.717) is 0 Å². The molecule has 0 aliphatic rings. The third-order valence-electron chi connectivity index (χ3n) is 2.49. The summed E-state index contributed by atoms with van der Waals surface area (Å²) in [4.78, 5) is 34.3. The summed E-state index contributed by atoms with van der Waals surface area (Å²) < 4.78 is 27.5. The summed E-state index contributed by atoms with van der Waals surface area (Å²) in [6.07, 6.45) is 2.44. The van der Waals surface area contributed by atoms with E-state index in [0.717, 1.165) is 12.3 Å². The van der Waals surface area contributed by atoms with Crippen molar-refractivity contribution in [1.82, 2.24) is 10.6 Å². The predicted octanol–water partition coefficient (Wildman–Crippen LogP) is 0.259. The van der Waals surface area contributed by atoms with Gasteiger partial charge in [0, 0.05) is 12.8 Å². The number of imide groups is 1. The smallest absolute Gasteiger partial charge is 0.338 e. The highest BCUT2D eigenvalue weighted by molar-refractivity contribution is 7.90. The summed E-state index contributed by atoms with van der Waals surface area (Å²) >= 11 is 0. The molecule has 0 aliphatic carbocycles. The normalized spacial score (nSPS) is 10.5. The van der Waals surface area contributed by atoms with Crippen LogP contribution >= 0.6 is 0 Å². The van der Waals surface area contributed by atoms with Crippen molar-refractivity contribution in [2.75, 3.05) is 19.4 Å². The Bertz CT molecular complexity index is 727. The molecule has 1 rings (SSSR count). The van der Waals surface area contributed by atoms with Gasteiger partial charge in [-0.2, -0.15) is 0 Å². The summed E-state index contributed by atoms with van der Waals surface area (Å²) in [5.41, 5.74) is -0.0168. The topological polar surface area (TPSA) is 119 Å². The van der Waals surface area contributed by atoms with Crippen molar-refractivity contribution < 1.29 is 27.5 Å². The maximum atomic E-state index is 11.8. The zero-order valence-electron chi connectivity index (χ0n) is 12.4. The number of urea groups is 1. The molecular formula is C14H16N2O6S. The summed E-state index contributed by atoms with van der Waals surface area (Å²) in [6.45, 7) is 2.89. The third kappa shape index (κ3) is 6.30. The second-order valence-corrected chi connectivity index (χ2v) is 6.44. The Hall–Kier alpha value is -2.68. The lowest BCUT2D eigenvalue weighted by molar-refractivity contribution is -0.123. The lowest BCUT2D eigenvalue weighted by atomic mass is 10.2. The molecule has 1 aromatic rings. The molecule has 8 nitrogen and oxygen atoms in total. The predicted molar refractivity (Wildman–Crippen MR) is 81.6 cm³/mol. The van der Waals surface area contributed by atoms with Crippen LogP contribution in [0.3, 0.4) is 0 Å². The Morgan fingerprint density at radius 3 is 2.61 bits per heavy atom. The SMILES string of the molecule is C=CCNC(=O)NC(=O)COC(=O)c1cccc(S(C)(=O)=O)c1.